The summed E-state index contributed by atoms with van der Waals surface area (Å²) < 4.78 is 5.78. The van der Waals surface area contributed by atoms with Crippen LogP contribution < -0.4 is 15.4 Å². The Morgan fingerprint density at radius 1 is 1.00 bits per heavy atom. The maximum atomic E-state index is 6.16. The summed E-state index contributed by atoms with van der Waals surface area (Å²) >= 11 is 11.9. The zero-order chi connectivity index (χ0) is 19.1. The van der Waals surface area contributed by atoms with Gasteiger partial charge in [-0.1, -0.05) is 24.9 Å². The van der Waals surface area contributed by atoms with Gasteiger partial charge in [-0.3, -0.25) is 0 Å². The van der Waals surface area contributed by atoms with Gasteiger partial charge in [-0.25, -0.2) is 9.97 Å². The highest BCUT2D eigenvalue weighted by atomic mass is 35.5. The molecular weight excluding hydrogens is 454 g/mol. The van der Waals surface area contributed by atoms with Crippen LogP contribution in [0.5, 0.6) is 5.88 Å². The lowest BCUT2D eigenvalue weighted by Gasteiger charge is -2.14. The summed E-state index contributed by atoms with van der Waals surface area (Å²) in [7, 11) is 0. The van der Waals surface area contributed by atoms with E-state index in [0.717, 1.165) is 60.1 Å². The van der Waals surface area contributed by atoms with Crippen molar-refractivity contribution in [2.75, 3.05) is 37.4 Å². The van der Waals surface area contributed by atoms with Crippen molar-refractivity contribution in [2.24, 2.45) is 0 Å². The first-order valence-corrected chi connectivity index (χ1v) is 10.2. The number of anilines is 1. The summed E-state index contributed by atoms with van der Waals surface area (Å²) in [4.78, 5) is 9.43. The van der Waals surface area contributed by atoms with E-state index in [4.69, 9.17) is 37.9 Å². The van der Waals surface area contributed by atoms with Gasteiger partial charge in [-0.2, -0.15) is 0 Å². The number of pyridine rings is 2. The normalized spacial score (nSPS) is 10.4. The second-order valence-corrected chi connectivity index (χ2v) is 7.05. The van der Waals surface area contributed by atoms with Crippen molar-refractivity contribution in [3.05, 3.63) is 35.4 Å². The number of ether oxygens (including phenoxy) is 1. The lowest BCUT2D eigenvalue weighted by Crippen LogP contribution is -2.24. The third-order valence-corrected chi connectivity index (χ3v) is 4.60. The van der Waals surface area contributed by atoms with Crippen LogP contribution in [0.15, 0.2) is 30.3 Å². The molecule has 0 saturated heterocycles. The van der Waals surface area contributed by atoms with Gasteiger partial charge in [0.2, 0.25) is 5.88 Å². The van der Waals surface area contributed by atoms with Gasteiger partial charge in [-0.15, -0.1) is 36.4 Å². The molecule has 0 fully saturated rings. The van der Waals surface area contributed by atoms with Gasteiger partial charge >= 0.3 is 0 Å². The summed E-state index contributed by atoms with van der Waals surface area (Å²) in [5.74, 6) is 1.22. The Morgan fingerprint density at radius 2 is 1.83 bits per heavy atom. The molecule has 3 aromatic rings. The van der Waals surface area contributed by atoms with Crippen LogP contribution in [0.25, 0.3) is 21.9 Å². The van der Waals surface area contributed by atoms with Gasteiger partial charge in [0.05, 0.1) is 23.3 Å². The molecule has 0 atom stereocenters. The molecule has 0 bridgehead atoms. The molecule has 1 aromatic carbocycles. The molecule has 29 heavy (non-hydrogen) atoms. The number of unbranched alkanes of at least 4 members (excludes halogenated alkanes) is 1. The van der Waals surface area contributed by atoms with Crippen molar-refractivity contribution in [3.8, 4) is 5.88 Å². The number of fused-ring (bicyclic) bond motifs is 2. The standard InChI is InChI=1S/C20H24Cl2N4O.2ClH/c1-2-3-12-27-18-7-6-16-20(26-18)19(24-11-10-23-9-8-21)15-5-4-14(22)13-17(15)25-16;;/h4-7,13,23H,2-3,8-12H2,1H3,(H,24,25);2*1H. The lowest BCUT2D eigenvalue weighted by molar-refractivity contribution is 0.299. The van der Waals surface area contributed by atoms with E-state index in [0.29, 0.717) is 23.4 Å². The summed E-state index contributed by atoms with van der Waals surface area (Å²) in [5, 5.41) is 8.43. The Balaban J connectivity index is 0.00000210. The molecular formula is C20H26Cl4N4O. The molecule has 9 heteroatoms. The summed E-state index contributed by atoms with van der Waals surface area (Å²) in [5.41, 5.74) is 3.40. The van der Waals surface area contributed by atoms with Crippen LogP contribution in [0.1, 0.15) is 19.8 Å². The van der Waals surface area contributed by atoms with E-state index in [2.05, 4.69) is 17.6 Å². The van der Waals surface area contributed by atoms with Crippen molar-refractivity contribution < 1.29 is 4.74 Å². The van der Waals surface area contributed by atoms with Crippen LogP contribution in [0.2, 0.25) is 5.02 Å². The summed E-state index contributed by atoms with van der Waals surface area (Å²) in [6.07, 6.45) is 2.09. The predicted octanol–water partition coefficient (Wildman–Crippen LogP) is 5.70. The van der Waals surface area contributed by atoms with Gasteiger partial charge < -0.3 is 15.4 Å². The monoisotopic (exact) mass is 478 g/mol. The SMILES string of the molecule is CCCCOc1ccc2nc3cc(Cl)ccc3c(NCCNCCCl)c2n1.Cl.Cl. The number of hydrogen-bond acceptors (Lipinski definition) is 5. The Hall–Kier alpha value is -1.24. The van der Waals surface area contributed by atoms with Crippen LogP contribution in [0.3, 0.4) is 0 Å². The first-order chi connectivity index (χ1) is 13.2. The Morgan fingerprint density at radius 3 is 2.59 bits per heavy atom. The fourth-order valence-electron chi connectivity index (χ4n) is 2.82. The average molecular weight is 480 g/mol. The van der Waals surface area contributed by atoms with Crippen molar-refractivity contribution in [2.45, 2.75) is 19.8 Å². The fraction of sp³-hybridized carbons (Fsp3) is 0.400. The first kappa shape index (κ1) is 25.8. The molecule has 3 rings (SSSR count). The zero-order valence-corrected chi connectivity index (χ0v) is 19.4. The minimum atomic E-state index is 0. The molecule has 0 spiro atoms. The Labute approximate surface area is 193 Å². The van der Waals surface area contributed by atoms with Crippen LogP contribution in [0, 0.1) is 0 Å². The van der Waals surface area contributed by atoms with E-state index in [9.17, 15) is 0 Å². The van der Waals surface area contributed by atoms with E-state index in [-0.39, 0.29) is 24.8 Å². The van der Waals surface area contributed by atoms with E-state index < -0.39 is 0 Å². The van der Waals surface area contributed by atoms with Crippen molar-refractivity contribution in [3.63, 3.8) is 0 Å². The fourth-order valence-corrected chi connectivity index (χ4v) is 3.12. The highest BCUT2D eigenvalue weighted by molar-refractivity contribution is 6.31. The molecule has 0 radical (unpaired) electrons. The highest BCUT2D eigenvalue weighted by Gasteiger charge is 2.12. The maximum Gasteiger partial charge on any atom is 0.213 e. The van der Waals surface area contributed by atoms with Crippen molar-refractivity contribution in [1.82, 2.24) is 15.3 Å². The second-order valence-electron chi connectivity index (χ2n) is 6.23. The van der Waals surface area contributed by atoms with Crippen molar-refractivity contribution >= 4 is 75.6 Å². The lowest BCUT2D eigenvalue weighted by atomic mass is 10.1. The van der Waals surface area contributed by atoms with Crippen LogP contribution >= 0.6 is 48.0 Å². The van der Waals surface area contributed by atoms with Gasteiger partial charge in [0.25, 0.3) is 0 Å². The minimum Gasteiger partial charge on any atom is -0.478 e. The quantitative estimate of drug-likeness (QED) is 0.222. The minimum absolute atomic E-state index is 0. The largest absolute Gasteiger partial charge is 0.478 e. The van der Waals surface area contributed by atoms with Crippen LogP contribution in [-0.4, -0.2) is 42.1 Å². The molecule has 0 saturated carbocycles. The first-order valence-electron chi connectivity index (χ1n) is 9.26. The van der Waals surface area contributed by atoms with Gasteiger partial charge in [0.15, 0.2) is 0 Å². The van der Waals surface area contributed by atoms with Gasteiger partial charge in [-0.05, 0) is 30.7 Å². The molecule has 0 aliphatic heterocycles. The molecule has 0 aliphatic carbocycles. The molecule has 0 amide bonds. The van der Waals surface area contributed by atoms with E-state index in [1.165, 1.54) is 0 Å². The predicted molar refractivity (Wildman–Crippen MR) is 129 cm³/mol. The van der Waals surface area contributed by atoms with Gasteiger partial charge in [0, 0.05) is 42.0 Å². The smallest absolute Gasteiger partial charge is 0.213 e. The number of nitrogens with one attached hydrogen (secondary N) is 2. The molecule has 160 valence electrons. The van der Waals surface area contributed by atoms with Crippen LogP contribution in [0.4, 0.5) is 5.69 Å². The number of halogens is 4. The number of rotatable bonds is 10. The van der Waals surface area contributed by atoms with E-state index in [1.54, 1.807) is 0 Å². The molecule has 2 heterocycles. The Bertz CT molecular complexity index is 910. The topological polar surface area (TPSA) is 59.1 Å². The summed E-state index contributed by atoms with van der Waals surface area (Å²) in [6.45, 7) is 5.13. The van der Waals surface area contributed by atoms with E-state index >= 15 is 0 Å². The Kier molecular flexibility index (Phi) is 11.7. The summed E-state index contributed by atoms with van der Waals surface area (Å²) in [6, 6.07) is 9.54. The zero-order valence-electron chi connectivity index (χ0n) is 16.2. The average Bonchev–Trinajstić information content (AvgIpc) is 2.67. The number of benzene rings is 1. The molecule has 2 N–H and O–H groups in total. The maximum absolute atomic E-state index is 6.16. The number of aromatic nitrogens is 2. The molecule has 5 nitrogen and oxygen atoms in total. The van der Waals surface area contributed by atoms with E-state index in [1.807, 2.05) is 30.3 Å². The third-order valence-electron chi connectivity index (χ3n) is 4.18. The molecule has 0 unspecified atom stereocenters. The number of hydrogen-bond donors (Lipinski definition) is 2. The van der Waals surface area contributed by atoms with Gasteiger partial charge in [0.1, 0.15) is 5.52 Å². The highest BCUT2D eigenvalue weighted by Crippen LogP contribution is 2.32. The third kappa shape index (κ3) is 6.90. The number of alkyl halides is 1. The second kappa shape index (κ2) is 13.1. The molecule has 2 aromatic heterocycles. The number of nitrogens with zero attached hydrogens (tertiary/aromatic N) is 2. The van der Waals surface area contributed by atoms with Crippen molar-refractivity contribution in [1.29, 1.82) is 0 Å². The molecule has 0 aliphatic rings. The van der Waals surface area contributed by atoms with Crippen LogP contribution in [-0.2, 0) is 0 Å².